The summed E-state index contributed by atoms with van der Waals surface area (Å²) in [6.45, 7) is 4.73. The molecule has 0 aliphatic carbocycles. The summed E-state index contributed by atoms with van der Waals surface area (Å²) in [4.78, 5) is 2.99. The maximum Gasteiger partial charge on any atom is 0.112 e. The van der Waals surface area contributed by atoms with Crippen molar-refractivity contribution in [3.05, 3.63) is 46.3 Å². The van der Waals surface area contributed by atoms with Crippen LogP contribution in [0.1, 0.15) is 25.8 Å². The Hall–Kier alpha value is -1.20. The second-order valence-electron chi connectivity index (χ2n) is 5.50. The highest BCUT2D eigenvalue weighted by Crippen LogP contribution is 2.36. The Morgan fingerprint density at radius 1 is 1.36 bits per heavy atom. The first kappa shape index (κ1) is 17.2. The lowest BCUT2D eigenvalue weighted by atomic mass is 9.89. The molecule has 1 saturated heterocycles. The first-order valence-electron chi connectivity index (χ1n) is 7.59. The van der Waals surface area contributed by atoms with Gasteiger partial charge in [-0.05, 0) is 29.7 Å². The number of hydrogen-bond donors (Lipinski definition) is 0. The van der Waals surface area contributed by atoms with E-state index in [1.165, 1.54) is 0 Å². The van der Waals surface area contributed by atoms with Gasteiger partial charge in [0.25, 0.3) is 0 Å². The zero-order valence-corrected chi connectivity index (χ0v) is 14.1. The summed E-state index contributed by atoms with van der Waals surface area (Å²) < 4.78 is 12.2. The van der Waals surface area contributed by atoms with Crippen LogP contribution in [0.15, 0.2) is 35.4 Å². The van der Waals surface area contributed by atoms with E-state index in [0.29, 0.717) is 6.61 Å². The number of ether oxygens (including phenoxy) is 2. The Bertz CT molecular complexity index is 507. The molecule has 0 saturated carbocycles. The normalized spacial score (nSPS) is 31.5. The van der Waals surface area contributed by atoms with Gasteiger partial charge in [0.15, 0.2) is 0 Å². The summed E-state index contributed by atoms with van der Waals surface area (Å²) in [5.41, 5.74) is 9.85. The lowest BCUT2D eigenvalue weighted by Crippen LogP contribution is -2.51. The molecule has 1 aromatic carbocycles. The van der Waals surface area contributed by atoms with Crippen LogP contribution in [0.4, 0.5) is 0 Å². The Kier molecular flexibility index (Phi) is 6.58. The Morgan fingerprint density at radius 2 is 2.09 bits per heavy atom. The average molecular weight is 321 g/mol. The number of rotatable bonds is 6. The number of benzene rings is 1. The number of hydrogen-bond acceptors (Lipinski definition) is 4. The van der Waals surface area contributed by atoms with Crippen LogP contribution in [0.5, 0.6) is 0 Å². The van der Waals surface area contributed by atoms with E-state index >= 15 is 0 Å². The highest BCUT2D eigenvalue weighted by Gasteiger charge is 2.42. The molecule has 1 aliphatic rings. The Balaban J connectivity index is 2.10. The maximum absolute atomic E-state index is 8.82. The molecule has 0 amide bonds. The molecule has 1 aromatic rings. The van der Waals surface area contributed by atoms with Gasteiger partial charge in [-0.1, -0.05) is 49.3 Å². The van der Waals surface area contributed by atoms with Crippen molar-refractivity contribution >= 4 is 11.8 Å². The Labute approximate surface area is 136 Å². The van der Waals surface area contributed by atoms with Gasteiger partial charge in [-0.25, -0.2) is 0 Å². The van der Waals surface area contributed by atoms with E-state index in [1.54, 1.807) is 11.8 Å². The smallest absolute Gasteiger partial charge is 0.112 e. The van der Waals surface area contributed by atoms with Crippen LogP contribution in [0.2, 0.25) is 0 Å². The van der Waals surface area contributed by atoms with Crippen LogP contribution >= 0.6 is 11.8 Å². The topological polar surface area (TPSA) is 67.2 Å². The maximum atomic E-state index is 8.82. The molecular formula is C16H23N3O2S. The van der Waals surface area contributed by atoms with E-state index in [-0.39, 0.29) is 29.6 Å². The molecule has 0 bridgehead atoms. The highest BCUT2D eigenvalue weighted by atomic mass is 32.2. The van der Waals surface area contributed by atoms with E-state index in [0.717, 1.165) is 12.0 Å². The number of nitrogens with zero attached hydrogens (tertiary/aromatic N) is 3. The van der Waals surface area contributed by atoms with E-state index in [4.69, 9.17) is 15.0 Å². The van der Waals surface area contributed by atoms with Crippen LogP contribution < -0.4 is 0 Å². The zero-order valence-electron chi connectivity index (χ0n) is 13.3. The molecule has 6 heteroatoms. The fourth-order valence-electron chi connectivity index (χ4n) is 2.88. The summed E-state index contributed by atoms with van der Waals surface area (Å²) in [5.74, 6) is 0.121. The summed E-state index contributed by atoms with van der Waals surface area (Å²) in [5, 5.41) is 3.95. The predicted octanol–water partition coefficient (Wildman–Crippen LogP) is 4.38. The van der Waals surface area contributed by atoms with Crippen LogP contribution in [0, 0.1) is 5.92 Å². The monoisotopic (exact) mass is 321 g/mol. The minimum absolute atomic E-state index is 0.0290. The van der Waals surface area contributed by atoms with Gasteiger partial charge in [0.05, 0.1) is 24.9 Å². The van der Waals surface area contributed by atoms with Gasteiger partial charge in [0.1, 0.15) is 5.44 Å². The van der Waals surface area contributed by atoms with Crippen molar-refractivity contribution < 1.29 is 9.47 Å². The molecule has 1 heterocycles. The third-order valence-electron chi connectivity index (χ3n) is 4.12. The van der Waals surface area contributed by atoms with Gasteiger partial charge in [0, 0.05) is 4.91 Å². The molecule has 0 N–H and O–H groups in total. The van der Waals surface area contributed by atoms with Crippen molar-refractivity contribution in [1.82, 2.24) is 0 Å². The summed E-state index contributed by atoms with van der Waals surface area (Å²) in [6.07, 6.45) is 2.82. The lowest BCUT2D eigenvalue weighted by Gasteiger charge is -2.43. The van der Waals surface area contributed by atoms with E-state index in [1.807, 2.05) is 36.6 Å². The first-order valence-corrected chi connectivity index (χ1v) is 8.88. The van der Waals surface area contributed by atoms with Gasteiger partial charge < -0.3 is 9.47 Å². The van der Waals surface area contributed by atoms with Gasteiger partial charge in [-0.15, -0.1) is 11.8 Å². The fraction of sp³-hybridized carbons (Fsp3) is 0.625. The molecule has 1 fully saturated rings. The molecule has 1 aliphatic heterocycles. The number of azide groups is 1. The van der Waals surface area contributed by atoms with Crippen LogP contribution in [-0.4, -0.2) is 29.9 Å². The average Bonchev–Trinajstić information content (AvgIpc) is 2.56. The summed E-state index contributed by atoms with van der Waals surface area (Å²) in [6, 6.07) is 9.89. The SMILES string of the molecule is CCC1OC(SC)C(N=[N+]=[N-])C(C)C1OCc1ccccc1. The standard InChI is InChI=1S/C16H23N3O2S/c1-4-13-15(20-10-12-8-6-5-7-9-12)11(2)14(18-19-17)16(21-13)22-3/h5-9,11,13-16H,4,10H2,1-3H3. The molecule has 2 rings (SSSR count). The van der Waals surface area contributed by atoms with E-state index < -0.39 is 0 Å². The fourth-order valence-corrected chi connectivity index (χ4v) is 3.71. The van der Waals surface area contributed by atoms with Crippen LogP contribution in [-0.2, 0) is 16.1 Å². The molecule has 5 nitrogen and oxygen atoms in total. The molecule has 0 aromatic heterocycles. The van der Waals surface area contributed by atoms with Crippen molar-refractivity contribution in [2.75, 3.05) is 6.26 Å². The van der Waals surface area contributed by atoms with Gasteiger partial charge in [-0.3, -0.25) is 0 Å². The van der Waals surface area contributed by atoms with Crippen molar-refractivity contribution in [2.45, 2.75) is 50.6 Å². The summed E-state index contributed by atoms with van der Waals surface area (Å²) >= 11 is 1.59. The molecule has 120 valence electrons. The Morgan fingerprint density at radius 3 is 2.68 bits per heavy atom. The van der Waals surface area contributed by atoms with E-state index in [2.05, 4.69) is 23.9 Å². The van der Waals surface area contributed by atoms with Crippen molar-refractivity contribution in [3.63, 3.8) is 0 Å². The van der Waals surface area contributed by atoms with Crippen LogP contribution in [0.25, 0.3) is 10.4 Å². The molecule has 0 radical (unpaired) electrons. The van der Waals surface area contributed by atoms with E-state index in [9.17, 15) is 0 Å². The van der Waals surface area contributed by atoms with Gasteiger partial charge >= 0.3 is 0 Å². The second-order valence-corrected chi connectivity index (χ2v) is 6.44. The van der Waals surface area contributed by atoms with Crippen molar-refractivity contribution in [3.8, 4) is 0 Å². The molecular weight excluding hydrogens is 298 g/mol. The van der Waals surface area contributed by atoms with Crippen molar-refractivity contribution in [1.29, 1.82) is 0 Å². The minimum Gasteiger partial charge on any atom is -0.371 e. The first-order chi connectivity index (χ1) is 10.7. The highest BCUT2D eigenvalue weighted by molar-refractivity contribution is 7.99. The predicted molar refractivity (Wildman–Crippen MR) is 89.6 cm³/mol. The molecule has 5 unspecified atom stereocenters. The third-order valence-corrected chi connectivity index (χ3v) is 4.97. The molecule has 0 spiro atoms. The lowest BCUT2D eigenvalue weighted by molar-refractivity contribution is -0.153. The minimum atomic E-state index is -0.205. The van der Waals surface area contributed by atoms with Crippen molar-refractivity contribution in [2.24, 2.45) is 11.0 Å². The quantitative estimate of drug-likeness (QED) is 0.443. The molecule has 22 heavy (non-hydrogen) atoms. The van der Waals surface area contributed by atoms with Gasteiger partial charge in [-0.2, -0.15) is 0 Å². The van der Waals surface area contributed by atoms with Gasteiger partial charge in [0.2, 0.25) is 0 Å². The van der Waals surface area contributed by atoms with Crippen LogP contribution in [0.3, 0.4) is 0 Å². The molecule has 5 atom stereocenters. The number of thioether (sulfide) groups is 1. The second kappa shape index (κ2) is 8.44. The largest absolute Gasteiger partial charge is 0.371 e. The zero-order chi connectivity index (χ0) is 15.9. The third kappa shape index (κ3) is 3.96. The summed E-state index contributed by atoms with van der Waals surface area (Å²) in [7, 11) is 0.